The maximum absolute atomic E-state index is 11.2. The van der Waals surface area contributed by atoms with Gasteiger partial charge in [-0.15, -0.1) is 11.3 Å². The molecule has 2 aromatic carbocycles. The predicted octanol–water partition coefficient (Wildman–Crippen LogP) is 4.90. The van der Waals surface area contributed by atoms with Gasteiger partial charge in [0.15, 0.2) is 0 Å². The number of amides is 1. The van der Waals surface area contributed by atoms with Gasteiger partial charge in [0.25, 0.3) is 0 Å². The quantitative estimate of drug-likeness (QED) is 0.626. The molecule has 6 heteroatoms. The van der Waals surface area contributed by atoms with Crippen LogP contribution in [0, 0.1) is 0 Å². The fourth-order valence-corrected chi connectivity index (χ4v) is 3.37. The molecule has 0 bridgehead atoms. The zero-order valence-electron chi connectivity index (χ0n) is 12.2. The Bertz CT molecular complexity index is 877. The molecule has 0 fully saturated rings. The summed E-state index contributed by atoms with van der Waals surface area (Å²) in [5.41, 5.74) is 3.06. The first-order valence-corrected chi connectivity index (χ1v) is 8.52. The molecule has 3 rings (SSSR count). The lowest BCUT2D eigenvalue weighted by Crippen LogP contribution is -2.05. The van der Waals surface area contributed by atoms with Crippen LogP contribution in [-0.4, -0.2) is 16.0 Å². The van der Waals surface area contributed by atoms with E-state index in [1.807, 2.05) is 29.6 Å². The van der Waals surface area contributed by atoms with Crippen molar-refractivity contribution in [2.75, 3.05) is 5.32 Å². The first-order valence-electron chi connectivity index (χ1n) is 6.85. The van der Waals surface area contributed by atoms with Crippen molar-refractivity contribution in [2.45, 2.75) is 6.92 Å². The minimum atomic E-state index is -0.231. The number of nitrogens with one attached hydrogen (secondary N) is 1. The maximum atomic E-state index is 11.2. The van der Waals surface area contributed by atoms with Gasteiger partial charge in [0.2, 0.25) is 5.91 Å². The summed E-state index contributed by atoms with van der Waals surface area (Å²) in [6.07, 6.45) is 0. The molecule has 1 heterocycles. The molecule has 0 aliphatic carbocycles. The highest BCUT2D eigenvalue weighted by molar-refractivity contribution is 9.10. The number of benzene rings is 2. The number of thiazole rings is 1. The van der Waals surface area contributed by atoms with Crippen LogP contribution in [0.1, 0.15) is 6.92 Å². The molecular formula is C17H13BrN2O2S. The Hall–Kier alpha value is -2.18. The first kappa shape index (κ1) is 15.7. The lowest BCUT2D eigenvalue weighted by molar-refractivity contribution is -0.114. The van der Waals surface area contributed by atoms with Crippen LogP contribution >= 0.6 is 27.3 Å². The third-order valence-electron chi connectivity index (χ3n) is 3.18. The minimum Gasteiger partial charge on any atom is -0.506 e. The molecule has 0 spiro atoms. The van der Waals surface area contributed by atoms with Crippen LogP contribution in [0.2, 0.25) is 0 Å². The van der Waals surface area contributed by atoms with Crippen LogP contribution < -0.4 is 5.32 Å². The Morgan fingerprint density at radius 2 is 2.04 bits per heavy atom. The fraction of sp³-hybridized carbons (Fsp3) is 0.0588. The number of aromatic hydroxyl groups is 1. The zero-order chi connectivity index (χ0) is 16.4. The molecule has 2 N–H and O–H groups in total. The van der Waals surface area contributed by atoms with E-state index in [1.165, 1.54) is 6.92 Å². The molecular weight excluding hydrogens is 376 g/mol. The molecule has 1 aromatic heterocycles. The second-order valence-electron chi connectivity index (χ2n) is 4.96. The summed E-state index contributed by atoms with van der Waals surface area (Å²) in [5, 5.41) is 15.3. The molecule has 116 valence electrons. The van der Waals surface area contributed by atoms with E-state index in [-0.39, 0.29) is 11.7 Å². The fourth-order valence-electron chi connectivity index (χ4n) is 2.15. The van der Waals surface area contributed by atoms with Gasteiger partial charge in [0.1, 0.15) is 10.8 Å². The molecule has 1 amide bonds. The van der Waals surface area contributed by atoms with E-state index in [0.717, 1.165) is 26.3 Å². The van der Waals surface area contributed by atoms with Gasteiger partial charge in [-0.2, -0.15) is 0 Å². The van der Waals surface area contributed by atoms with E-state index in [4.69, 9.17) is 0 Å². The maximum Gasteiger partial charge on any atom is 0.221 e. The Balaban J connectivity index is 1.96. The van der Waals surface area contributed by atoms with Gasteiger partial charge in [-0.25, -0.2) is 4.98 Å². The lowest BCUT2D eigenvalue weighted by atomic mass is 10.1. The number of carbonyl (C=O) groups is 1. The number of hydrogen-bond acceptors (Lipinski definition) is 4. The van der Waals surface area contributed by atoms with Crippen molar-refractivity contribution in [3.8, 4) is 27.6 Å². The smallest absolute Gasteiger partial charge is 0.221 e. The molecule has 23 heavy (non-hydrogen) atoms. The van der Waals surface area contributed by atoms with E-state index in [2.05, 4.69) is 26.2 Å². The summed E-state index contributed by atoms with van der Waals surface area (Å²) in [5.74, 6) is -0.197. The Morgan fingerprint density at radius 3 is 2.78 bits per heavy atom. The van der Waals surface area contributed by atoms with Crippen LogP contribution in [0.4, 0.5) is 5.69 Å². The van der Waals surface area contributed by atoms with Gasteiger partial charge in [0.05, 0.1) is 11.4 Å². The molecule has 4 nitrogen and oxygen atoms in total. The van der Waals surface area contributed by atoms with E-state index in [9.17, 15) is 9.90 Å². The topological polar surface area (TPSA) is 62.2 Å². The van der Waals surface area contributed by atoms with Crippen molar-refractivity contribution in [3.63, 3.8) is 0 Å². The molecule has 0 saturated heterocycles. The second kappa shape index (κ2) is 6.52. The summed E-state index contributed by atoms with van der Waals surface area (Å²) in [6, 6.07) is 13.0. The molecule has 0 aliphatic rings. The molecule has 3 aromatic rings. The summed E-state index contributed by atoms with van der Waals surface area (Å²) < 4.78 is 1.00. The zero-order valence-corrected chi connectivity index (χ0v) is 14.6. The largest absolute Gasteiger partial charge is 0.506 e. The Kier molecular flexibility index (Phi) is 4.45. The Labute approximate surface area is 146 Å². The van der Waals surface area contributed by atoms with E-state index in [0.29, 0.717) is 5.69 Å². The van der Waals surface area contributed by atoms with Crippen LogP contribution in [-0.2, 0) is 4.79 Å². The lowest BCUT2D eigenvalue weighted by Gasteiger charge is -2.06. The van der Waals surface area contributed by atoms with Crippen molar-refractivity contribution in [2.24, 2.45) is 0 Å². The van der Waals surface area contributed by atoms with E-state index in [1.54, 1.807) is 29.5 Å². The van der Waals surface area contributed by atoms with Crippen molar-refractivity contribution in [1.29, 1.82) is 0 Å². The SMILES string of the molecule is CC(=O)Nc1cc(-c2csc(-c3cccc(Br)c3)n2)ccc1O. The predicted molar refractivity (Wildman–Crippen MR) is 96.7 cm³/mol. The van der Waals surface area contributed by atoms with Crippen LogP contribution in [0.15, 0.2) is 52.3 Å². The van der Waals surface area contributed by atoms with Crippen molar-refractivity contribution >= 4 is 38.9 Å². The number of rotatable bonds is 3. The van der Waals surface area contributed by atoms with Crippen LogP contribution in [0.3, 0.4) is 0 Å². The minimum absolute atomic E-state index is 0.0337. The molecule has 0 radical (unpaired) electrons. The number of anilines is 1. The highest BCUT2D eigenvalue weighted by Gasteiger charge is 2.10. The molecule has 0 saturated carbocycles. The van der Waals surface area contributed by atoms with Gasteiger partial charge in [0, 0.05) is 27.9 Å². The summed E-state index contributed by atoms with van der Waals surface area (Å²) in [4.78, 5) is 15.8. The number of hydrogen-bond donors (Lipinski definition) is 2. The normalized spacial score (nSPS) is 10.5. The summed E-state index contributed by atoms with van der Waals surface area (Å²) in [6.45, 7) is 1.40. The van der Waals surface area contributed by atoms with Gasteiger partial charge in [-0.05, 0) is 30.3 Å². The van der Waals surface area contributed by atoms with Crippen LogP contribution in [0.25, 0.3) is 21.8 Å². The Morgan fingerprint density at radius 1 is 1.22 bits per heavy atom. The average molecular weight is 389 g/mol. The number of halogens is 1. The molecule has 0 atom stereocenters. The highest BCUT2D eigenvalue weighted by Crippen LogP contribution is 2.33. The van der Waals surface area contributed by atoms with Gasteiger partial charge in [-0.3, -0.25) is 4.79 Å². The summed E-state index contributed by atoms with van der Waals surface area (Å²) in [7, 11) is 0. The molecule has 0 unspecified atom stereocenters. The second-order valence-corrected chi connectivity index (χ2v) is 6.74. The van der Waals surface area contributed by atoms with E-state index < -0.39 is 0 Å². The van der Waals surface area contributed by atoms with Gasteiger partial charge < -0.3 is 10.4 Å². The number of carbonyl (C=O) groups excluding carboxylic acids is 1. The third-order valence-corrected chi connectivity index (χ3v) is 4.56. The number of phenolic OH excluding ortho intramolecular Hbond substituents is 1. The number of phenols is 1. The number of nitrogens with zero attached hydrogens (tertiary/aromatic N) is 1. The van der Waals surface area contributed by atoms with Gasteiger partial charge in [-0.1, -0.05) is 28.1 Å². The van der Waals surface area contributed by atoms with Crippen molar-refractivity contribution < 1.29 is 9.90 Å². The average Bonchev–Trinajstić information content (AvgIpc) is 2.99. The summed E-state index contributed by atoms with van der Waals surface area (Å²) >= 11 is 5.01. The monoisotopic (exact) mass is 388 g/mol. The first-order chi connectivity index (χ1) is 11.0. The van der Waals surface area contributed by atoms with Crippen LogP contribution in [0.5, 0.6) is 5.75 Å². The van der Waals surface area contributed by atoms with Crippen molar-refractivity contribution in [3.05, 3.63) is 52.3 Å². The standard InChI is InChI=1S/C17H13BrN2O2S/c1-10(21)19-14-8-11(5-6-16(14)22)15-9-23-17(20-15)12-3-2-4-13(18)7-12/h2-9,22H,1H3,(H,19,21). The highest BCUT2D eigenvalue weighted by atomic mass is 79.9. The third kappa shape index (κ3) is 3.60. The van der Waals surface area contributed by atoms with Crippen molar-refractivity contribution in [1.82, 2.24) is 4.98 Å². The van der Waals surface area contributed by atoms with E-state index >= 15 is 0 Å². The van der Waals surface area contributed by atoms with Gasteiger partial charge >= 0.3 is 0 Å². The molecule has 0 aliphatic heterocycles. The number of aromatic nitrogens is 1.